The molecule has 0 saturated heterocycles. The van der Waals surface area contributed by atoms with Gasteiger partial charge in [0, 0.05) is 5.56 Å². The molecule has 1 aromatic rings. The largest absolute Gasteiger partial charge is 0.543 e. The zero-order chi connectivity index (χ0) is 19.0. The molecule has 0 heterocycles. The van der Waals surface area contributed by atoms with Gasteiger partial charge in [0.05, 0.1) is 6.10 Å². The van der Waals surface area contributed by atoms with Crippen molar-refractivity contribution in [2.24, 2.45) is 0 Å². The quantitative estimate of drug-likeness (QED) is 0.515. The van der Waals surface area contributed by atoms with E-state index in [9.17, 15) is 0 Å². The van der Waals surface area contributed by atoms with Gasteiger partial charge in [-0.1, -0.05) is 59.7 Å². The third-order valence-corrected chi connectivity index (χ3v) is 14.7. The van der Waals surface area contributed by atoms with E-state index >= 15 is 0 Å². The molecule has 0 aliphatic heterocycles. The van der Waals surface area contributed by atoms with Crippen LogP contribution in [0.3, 0.4) is 0 Å². The molecule has 0 aromatic heterocycles. The van der Waals surface area contributed by atoms with Crippen LogP contribution >= 0.6 is 0 Å². The molecule has 0 saturated carbocycles. The van der Waals surface area contributed by atoms with Gasteiger partial charge in [-0.2, -0.15) is 0 Å². The highest BCUT2D eigenvalue weighted by Crippen LogP contribution is 2.42. The molecule has 2 nitrogen and oxygen atoms in total. The average Bonchev–Trinajstić information content (AvgIpc) is 2.35. The fourth-order valence-corrected chi connectivity index (χ4v) is 4.43. The van der Waals surface area contributed by atoms with Crippen LogP contribution in [-0.4, -0.2) is 16.6 Å². The van der Waals surface area contributed by atoms with E-state index in [1.165, 1.54) is 5.56 Å². The minimum atomic E-state index is -1.86. The lowest BCUT2D eigenvalue weighted by Gasteiger charge is -2.40. The van der Waals surface area contributed by atoms with Crippen molar-refractivity contribution in [3.8, 4) is 5.75 Å². The summed E-state index contributed by atoms with van der Waals surface area (Å²) in [4.78, 5) is 0. The maximum absolute atomic E-state index is 6.60. The van der Waals surface area contributed by atoms with Crippen molar-refractivity contribution in [2.75, 3.05) is 0 Å². The molecule has 1 unspecified atom stereocenters. The second kappa shape index (κ2) is 6.97. The first kappa shape index (κ1) is 21.5. The van der Waals surface area contributed by atoms with Crippen molar-refractivity contribution in [3.63, 3.8) is 0 Å². The predicted molar refractivity (Wildman–Crippen MR) is 111 cm³/mol. The topological polar surface area (TPSA) is 18.5 Å². The number of hydrogen-bond acceptors (Lipinski definition) is 2. The first-order chi connectivity index (χ1) is 10.6. The minimum absolute atomic E-state index is 0.0480. The monoisotopic (exact) mass is 366 g/mol. The van der Waals surface area contributed by atoms with Crippen LogP contribution in [0.4, 0.5) is 0 Å². The third kappa shape index (κ3) is 4.96. The van der Waals surface area contributed by atoms with Gasteiger partial charge >= 0.3 is 0 Å². The molecule has 4 heteroatoms. The van der Waals surface area contributed by atoms with Crippen LogP contribution in [0.5, 0.6) is 5.75 Å². The standard InChI is InChI=1S/C20H38O2Si2/c1-16(21-23(8,9)19(2,3)4)17-14-12-13-15-18(17)22-24(10,11)20(5,6)7/h12-16H,1-11H3. The van der Waals surface area contributed by atoms with E-state index < -0.39 is 16.6 Å². The van der Waals surface area contributed by atoms with E-state index in [-0.39, 0.29) is 16.2 Å². The fraction of sp³-hybridized carbons (Fsp3) is 0.700. The van der Waals surface area contributed by atoms with Crippen LogP contribution in [0.15, 0.2) is 24.3 Å². The van der Waals surface area contributed by atoms with E-state index in [1.807, 2.05) is 0 Å². The normalized spacial score (nSPS) is 15.3. The van der Waals surface area contributed by atoms with Crippen molar-refractivity contribution >= 4 is 16.6 Å². The van der Waals surface area contributed by atoms with E-state index in [2.05, 4.69) is 98.9 Å². The lowest BCUT2D eigenvalue weighted by Crippen LogP contribution is -2.44. The summed E-state index contributed by atoms with van der Waals surface area (Å²) in [5, 5.41) is 0.389. The molecule has 138 valence electrons. The van der Waals surface area contributed by atoms with Crippen LogP contribution in [0.2, 0.25) is 36.3 Å². The van der Waals surface area contributed by atoms with Gasteiger partial charge in [0.15, 0.2) is 8.32 Å². The van der Waals surface area contributed by atoms with E-state index in [0.29, 0.717) is 0 Å². The van der Waals surface area contributed by atoms with Crippen LogP contribution < -0.4 is 4.43 Å². The molecule has 0 amide bonds. The number of para-hydroxylation sites is 1. The Kier molecular flexibility index (Phi) is 6.23. The molecule has 0 aliphatic rings. The van der Waals surface area contributed by atoms with Crippen LogP contribution in [-0.2, 0) is 4.43 Å². The molecule has 0 bridgehead atoms. The van der Waals surface area contributed by atoms with Crippen molar-refractivity contribution in [3.05, 3.63) is 29.8 Å². The van der Waals surface area contributed by atoms with Gasteiger partial charge < -0.3 is 8.85 Å². The summed E-state index contributed by atoms with van der Waals surface area (Å²) in [6.07, 6.45) is 0.0480. The molecule has 1 atom stereocenters. The van der Waals surface area contributed by atoms with Gasteiger partial charge in [-0.15, -0.1) is 0 Å². The fourth-order valence-electron chi connectivity index (χ4n) is 2.02. The second-order valence-electron chi connectivity index (χ2n) is 9.92. The van der Waals surface area contributed by atoms with E-state index in [1.54, 1.807) is 0 Å². The Morgan fingerprint density at radius 1 is 0.792 bits per heavy atom. The van der Waals surface area contributed by atoms with Gasteiger partial charge in [-0.3, -0.25) is 0 Å². The van der Waals surface area contributed by atoms with Crippen molar-refractivity contribution in [2.45, 2.75) is 90.8 Å². The summed E-state index contributed by atoms with van der Waals surface area (Å²) < 4.78 is 13.2. The number of hydrogen-bond donors (Lipinski definition) is 0. The van der Waals surface area contributed by atoms with Gasteiger partial charge in [0.2, 0.25) is 8.32 Å². The first-order valence-electron chi connectivity index (χ1n) is 9.04. The molecule has 0 N–H and O–H groups in total. The highest BCUT2D eigenvalue weighted by Gasteiger charge is 2.41. The molecule has 0 fully saturated rings. The third-order valence-electron chi connectivity index (χ3n) is 5.81. The maximum Gasteiger partial charge on any atom is 0.250 e. The Bertz CT molecular complexity index is 551. The molecule has 0 spiro atoms. The van der Waals surface area contributed by atoms with Crippen molar-refractivity contribution in [1.82, 2.24) is 0 Å². The molecule has 0 aliphatic carbocycles. The summed E-state index contributed by atoms with van der Waals surface area (Å²) in [5.41, 5.74) is 1.17. The van der Waals surface area contributed by atoms with Crippen molar-refractivity contribution in [1.29, 1.82) is 0 Å². The van der Waals surface area contributed by atoms with Gasteiger partial charge in [-0.25, -0.2) is 0 Å². The summed E-state index contributed by atoms with van der Waals surface area (Å²) in [6, 6.07) is 8.39. The van der Waals surface area contributed by atoms with Gasteiger partial charge in [-0.05, 0) is 49.3 Å². The molecule has 1 aromatic carbocycles. The van der Waals surface area contributed by atoms with Gasteiger partial charge in [0.1, 0.15) is 5.75 Å². The smallest absolute Gasteiger partial charge is 0.250 e. The zero-order valence-corrected chi connectivity index (χ0v) is 19.7. The summed E-state index contributed by atoms with van der Waals surface area (Å²) in [6.45, 7) is 25.0. The Balaban J connectivity index is 3.11. The second-order valence-corrected chi connectivity index (χ2v) is 19.4. The van der Waals surface area contributed by atoms with E-state index in [4.69, 9.17) is 8.85 Å². The highest BCUT2D eigenvalue weighted by atomic mass is 28.4. The number of rotatable bonds is 5. The van der Waals surface area contributed by atoms with Crippen LogP contribution in [0.25, 0.3) is 0 Å². The Morgan fingerprint density at radius 2 is 1.25 bits per heavy atom. The highest BCUT2D eigenvalue weighted by molar-refractivity contribution is 6.75. The SMILES string of the molecule is CC(O[Si](C)(C)C(C)(C)C)c1ccccc1O[Si](C)(C)C(C)(C)C. The van der Waals surface area contributed by atoms with Crippen LogP contribution in [0, 0.1) is 0 Å². The molecule has 1 rings (SSSR count). The molecule has 24 heavy (non-hydrogen) atoms. The summed E-state index contributed by atoms with van der Waals surface area (Å²) in [5.74, 6) is 0.996. The zero-order valence-electron chi connectivity index (χ0n) is 17.7. The lowest BCUT2D eigenvalue weighted by molar-refractivity contribution is 0.200. The Morgan fingerprint density at radius 3 is 1.71 bits per heavy atom. The van der Waals surface area contributed by atoms with Crippen LogP contribution in [0.1, 0.15) is 60.1 Å². The average molecular weight is 367 g/mol. The lowest BCUT2D eigenvalue weighted by atomic mass is 10.1. The number of benzene rings is 1. The Labute approximate surface area is 152 Å². The maximum atomic E-state index is 6.60. The van der Waals surface area contributed by atoms with Crippen molar-refractivity contribution < 1.29 is 8.85 Å². The molecule has 0 radical (unpaired) electrons. The van der Waals surface area contributed by atoms with Gasteiger partial charge in [0.25, 0.3) is 0 Å². The summed E-state index contributed by atoms with van der Waals surface area (Å²) in [7, 11) is -3.68. The first-order valence-corrected chi connectivity index (χ1v) is 14.9. The van der Waals surface area contributed by atoms with E-state index in [0.717, 1.165) is 5.75 Å². The minimum Gasteiger partial charge on any atom is -0.543 e. The summed E-state index contributed by atoms with van der Waals surface area (Å²) >= 11 is 0. The Hall–Kier alpha value is -0.586. The predicted octanol–water partition coefficient (Wildman–Crippen LogP) is 7.15. The molecular formula is C20H38O2Si2. The molecular weight excluding hydrogens is 328 g/mol.